The molecule has 0 aliphatic heterocycles. The van der Waals surface area contributed by atoms with Crippen LogP contribution in [-0.2, 0) is 6.18 Å². The van der Waals surface area contributed by atoms with Gasteiger partial charge in [-0.3, -0.25) is 10.1 Å². The van der Waals surface area contributed by atoms with Gasteiger partial charge in [0.2, 0.25) is 0 Å². The summed E-state index contributed by atoms with van der Waals surface area (Å²) in [4.78, 5) is 9.19. The lowest BCUT2D eigenvalue weighted by atomic mass is 10.1. The second-order valence-electron chi connectivity index (χ2n) is 3.55. The van der Waals surface area contributed by atoms with Gasteiger partial charge < -0.3 is 9.47 Å². The number of ether oxygens (including phenoxy) is 2. The molecule has 5 nitrogen and oxygen atoms in total. The van der Waals surface area contributed by atoms with Gasteiger partial charge in [-0.1, -0.05) is 0 Å². The van der Waals surface area contributed by atoms with Crippen molar-refractivity contribution in [1.82, 2.24) is 0 Å². The highest BCUT2D eigenvalue weighted by molar-refractivity contribution is 5.56. The fourth-order valence-electron chi connectivity index (χ4n) is 1.46. The quantitative estimate of drug-likeness (QED) is 0.479. The van der Waals surface area contributed by atoms with E-state index in [9.17, 15) is 36.5 Å². The number of hydrogen-bond acceptors (Lipinski definition) is 4. The lowest BCUT2D eigenvalue weighted by molar-refractivity contribution is -0.388. The van der Waals surface area contributed by atoms with Gasteiger partial charge in [-0.25, -0.2) is 0 Å². The van der Waals surface area contributed by atoms with Gasteiger partial charge in [0.15, 0.2) is 11.3 Å². The molecule has 0 fully saturated rings. The molecular weight excluding hydrogens is 312 g/mol. The minimum atomic E-state index is -5.45. The van der Waals surface area contributed by atoms with Crippen molar-refractivity contribution < 1.29 is 40.7 Å². The number of nitro groups is 1. The summed E-state index contributed by atoms with van der Waals surface area (Å²) >= 11 is 0. The van der Waals surface area contributed by atoms with Crippen LogP contribution in [0, 0.1) is 10.1 Å². The minimum Gasteiger partial charge on any atom is -0.493 e. The van der Waals surface area contributed by atoms with Crippen molar-refractivity contribution in [3.8, 4) is 11.5 Å². The standard InChI is InChI=1S/C10H7F6NO4/c1-2-20-5-3-6(17(18)19)8(9(11,12)13)7(4-5)21-10(14,15)16/h3-4H,2H2,1H3. The van der Waals surface area contributed by atoms with Crippen LogP contribution in [0.5, 0.6) is 11.5 Å². The molecule has 11 heteroatoms. The summed E-state index contributed by atoms with van der Waals surface area (Å²) < 4.78 is 82.7. The van der Waals surface area contributed by atoms with E-state index >= 15 is 0 Å². The van der Waals surface area contributed by atoms with Crippen molar-refractivity contribution >= 4 is 5.69 Å². The topological polar surface area (TPSA) is 61.6 Å². The van der Waals surface area contributed by atoms with Gasteiger partial charge in [-0.15, -0.1) is 13.2 Å². The van der Waals surface area contributed by atoms with Crippen LogP contribution in [0.3, 0.4) is 0 Å². The molecule has 21 heavy (non-hydrogen) atoms. The van der Waals surface area contributed by atoms with Crippen LogP contribution < -0.4 is 9.47 Å². The third-order valence-electron chi connectivity index (χ3n) is 2.07. The first-order valence-corrected chi connectivity index (χ1v) is 5.24. The molecule has 0 aliphatic carbocycles. The van der Waals surface area contributed by atoms with Crippen LogP contribution in [0.25, 0.3) is 0 Å². The maximum atomic E-state index is 12.8. The van der Waals surface area contributed by atoms with Gasteiger partial charge >= 0.3 is 12.5 Å². The van der Waals surface area contributed by atoms with E-state index in [1.807, 2.05) is 0 Å². The van der Waals surface area contributed by atoms with Gasteiger partial charge in [0.05, 0.1) is 17.6 Å². The molecule has 0 heterocycles. The average Bonchev–Trinajstić information content (AvgIpc) is 2.24. The van der Waals surface area contributed by atoms with E-state index in [2.05, 4.69) is 4.74 Å². The Morgan fingerprint density at radius 3 is 2.14 bits per heavy atom. The zero-order chi connectivity index (χ0) is 16.4. The molecule has 0 aliphatic rings. The molecule has 0 N–H and O–H groups in total. The monoisotopic (exact) mass is 319 g/mol. The van der Waals surface area contributed by atoms with Crippen molar-refractivity contribution in [2.45, 2.75) is 19.5 Å². The first-order chi connectivity index (χ1) is 9.45. The second kappa shape index (κ2) is 5.66. The van der Waals surface area contributed by atoms with Crippen LogP contribution in [0.4, 0.5) is 32.0 Å². The number of nitro benzene ring substituents is 1. The van der Waals surface area contributed by atoms with E-state index in [0.717, 1.165) is 0 Å². The fraction of sp³-hybridized carbons (Fsp3) is 0.400. The summed E-state index contributed by atoms with van der Waals surface area (Å²) in [7, 11) is 0. The van der Waals surface area contributed by atoms with Crippen molar-refractivity contribution in [3.63, 3.8) is 0 Å². The molecule has 0 spiro atoms. The number of rotatable bonds is 4. The Bertz CT molecular complexity index is 540. The van der Waals surface area contributed by atoms with Gasteiger partial charge in [0.25, 0.3) is 5.69 Å². The SMILES string of the molecule is CCOc1cc(OC(F)(F)F)c(C(F)(F)F)c([N+](=O)[O-])c1. The fourth-order valence-corrected chi connectivity index (χ4v) is 1.46. The summed E-state index contributed by atoms with van der Waals surface area (Å²) in [6, 6.07) is 0.683. The van der Waals surface area contributed by atoms with Gasteiger partial charge in [0.1, 0.15) is 5.75 Å². The summed E-state index contributed by atoms with van der Waals surface area (Å²) in [6.07, 6.45) is -10.9. The van der Waals surface area contributed by atoms with Crippen molar-refractivity contribution in [2.75, 3.05) is 6.61 Å². The predicted octanol–water partition coefficient (Wildman–Crippen LogP) is 3.91. The Balaban J connectivity index is 3.58. The summed E-state index contributed by atoms with van der Waals surface area (Å²) in [5.74, 6) is -2.29. The molecule has 0 amide bonds. The van der Waals surface area contributed by atoms with Crippen LogP contribution in [-0.4, -0.2) is 17.9 Å². The molecule has 1 rings (SSSR count). The number of halogens is 6. The highest BCUT2D eigenvalue weighted by atomic mass is 19.4. The van der Waals surface area contributed by atoms with Crippen LogP contribution in [0.2, 0.25) is 0 Å². The normalized spacial score (nSPS) is 12.1. The van der Waals surface area contributed by atoms with E-state index < -0.39 is 40.2 Å². The maximum absolute atomic E-state index is 12.8. The predicted molar refractivity (Wildman–Crippen MR) is 56.0 cm³/mol. The Morgan fingerprint density at radius 2 is 1.76 bits per heavy atom. The first-order valence-electron chi connectivity index (χ1n) is 5.24. The minimum absolute atomic E-state index is 0.117. The van der Waals surface area contributed by atoms with E-state index in [1.54, 1.807) is 0 Å². The maximum Gasteiger partial charge on any atom is 0.573 e. The highest BCUT2D eigenvalue weighted by Gasteiger charge is 2.45. The zero-order valence-electron chi connectivity index (χ0n) is 10.2. The average molecular weight is 319 g/mol. The third-order valence-corrected chi connectivity index (χ3v) is 2.07. The molecule has 0 aromatic heterocycles. The largest absolute Gasteiger partial charge is 0.573 e. The zero-order valence-corrected chi connectivity index (χ0v) is 10.2. The molecule has 0 bridgehead atoms. The number of benzene rings is 1. The van der Waals surface area contributed by atoms with Gasteiger partial charge in [-0.2, -0.15) is 13.2 Å². The first kappa shape index (κ1) is 16.9. The van der Waals surface area contributed by atoms with E-state index in [-0.39, 0.29) is 6.61 Å². The van der Waals surface area contributed by atoms with Crippen molar-refractivity contribution in [1.29, 1.82) is 0 Å². The summed E-state index contributed by atoms with van der Waals surface area (Å²) in [5.41, 5.74) is -3.72. The molecule has 0 atom stereocenters. The smallest absolute Gasteiger partial charge is 0.493 e. The van der Waals surface area contributed by atoms with Crippen molar-refractivity contribution in [2.24, 2.45) is 0 Å². The van der Waals surface area contributed by atoms with Gasteiger partial charge in [-0.05, 0) is 6.92 Å². The Hall–Kier alpha value is -2.20. The third kappa shape index (κ3) is 4.39. The molecule has 0 saturated heterocycles. The van der Waals surface area contributed by atoms with Crippen LogP contribution in [0.1, 0.15) is 12.5 Å². The number of alkyl halides is 6. The van der Waals surface area contributed by atoms with Crippen LogP contribution >= 0.6 is 0 Å². The Labute approximate surface area is 113 Å². The Morgan fingerprint density at radius 1 is 1.19 bits per heavy atom. The Kier molecular flexibility index (Phi) is 4.54. The molecular formula is C10H7F6NO4. The van der Waals surface area contributed by atoms with Crippen LogP contribution in [0.15, 0.2) is 12.1 Å². The van der Waals surface area contributed by atoms with E-state index in [4.69, 9.17) is 4.74 Å². The van der Waals surface area contributed by atoms with Crippen molar-refractivity contribution in [3.05, 3.63) is 27.8 Å². The number of hydrogen-bond donors (Lipinski definition) is 0. The lowest BCUT2D eigenvalue weighted by Crippen LogP contribution is -2.21. The second-order valence-corrected chi connectivity index (χ2v) is 3.55. The molecule has 0 radical (unpaired) electrons. The molecule has 0 saturated carbocycles. The molecule has 1 aromatic rings. The summed E-state index contributed by atoms with van der Waals surface area (Å²) in [5, 5.41) is 10.7. The summed E-state index contributed by atoms with van der Waals surface area (Å²) in [6.45, 7) is 1.28. The molecule has 0 unspecified atom stereocenters. The molecule has 118 valence electrons. The van der Waals surface area contributed by atoms with E-state index in [1.165, 1.54) is 6.92 Å². The number of nitrogens with zero attached hydrogens (tertiary/aromatic N) is 1. The van der Waals surface area contributed by atoms with E-state index in [0.29, 0.717) is 12.1 Å². The molecule has 1 aromatic carbocycles. The lowest BCUT2D eigenvalue weighted by Gasteiger charge is -2.16. The highest BCUT2D eigenvalue weighted by Crippen LogP contribution is 2.46. The van der Waals surface area contributed by atoms with Gasteiger partial charge in [0, 0.05) is 6.07 Å².